The van der Waals surface area contributed by atoms with E-state index in [2.05, 4.69) is 0 Å². The molecule has 0 saturated heterocycles. The highest BCUT2D eigenvalue weighted by Crippen LogP contribution is 2.13. The van der Waals surface area contributed by atoms with E-state index >= 15 is 0 Å². The molecule has 0 radical (unpaired) electrons. The number of anilines is 1. The zero-order valence-electron chi connectivity index (χ0n) is 13.4. The van der Waals surface area contributed by atoms with Gasteiger partial charge in [0.2, 0.25) is 5.91 Å². The maximum Gasteiger partial charge on any atom is 0.248 e. The molecule has 9 heteroatoms. The Balaban J connectivity index is 2.01. The van der Waals surface area contributed by atoms with Crippen LogP contribution in [0, 0.1) is 0 Å². The van der Waals surface area contributed by atoms with Crippen LogP contribution in [0.15, 0.2) is 24.3 Å². The number of primary amides is 1. The molecule has 0 fully saturated rings. The molecule has 9 nitrogen and oxygen atoms in total. The predicted molar refractivity (Wildman–Crippen MR) is 84.7 cm³/mol. The Morgan fingerprint density at radius 2 is 1.42 bits per heavy atom. The normalized spacial score (nSPS) is 10.8. The van der Waals surface area contributed by atoms with E-state index in [1.165, 1.54) is 24.3 Å². The zero-order valence-corrected chi connectivity index (χ0v) is 13.4. The lowest BCUT2D eigenvalue weighted by molar-refractivity contribution is -0.0665. The van der Waals surface area contributed by atoms with Crippen molar-refractivity contribution in [2.45, 2.75) is 0 Å². The molecular formula is C15H24N2O7. The van der Waals surface area contributed by atoms with Crippen molar-refractivity contribution in [1.29, 1.82) is 0 Å². The standard InChI is InChI=1S/C15H24N2O7/c16-15(19)13-1-3-14(4-2-13)17(20)24-12-11-23-10-9-22-8-7-21-6-5-18/h1-4,18,20H,5-12H2,(H2,16,19). The van der Waals surface area contributed by atoms with Gasteiger partial charge in [-0.05, 0) is 24.3 Å². The van der Waals surface area contributed by atoms with Crippen LogP contribution in [0.5, 0.6) is 0 Å². The fourth-order valence-electron chi connectivity index (χ4n) is 1.62. The SMILES string of the molecule is NC(=O)c1ccc(N(O)OCCOCCOCCOCCO)cc1. The van der Waals surface area contributed by atoms with Crippen molar-refractivity contribution >= 4 is 11.6 Å². The Bertz CT molecular complexity index is 456. The number of hydrogen-bond donors (Lipinski definition) is 3. The van der Waals surface area contributed by atoms with Crippen LogP contribution in [0.25, 0.3) is 0 Å². The van der Waals surface area contributed by atoms with Gasteiger partial charge >= 0.3 is 0 Å². The lowest BCUT2D eigenvalue weighted by atomic mass is 10.2. The van der Waals surface area contributed by atoms with Crippen LogP contribution in [0.2, 0.25) is 0 Å². The summed E-state index contributed by atoms with van der Waals surface area (Å²) in [7, 11) is 0. The summed E-state index contributed by atoms with van der Waals surface area (Å²) in [6.07, 6.45) is 0. The second kappa shape index (κ2) is 12.6. The lowest BCUT2D eigenvalue weighted by Crippen LogP contribution is -2.22. The van der Waals surface area contributed by atoms with Gasteiger partial charge in [0, 0.05) is 5.56 Å². The van der Waals surface area contributed by atoms with Gasteiger partial charge in [-0.1, -0.05) is 0 Å². The summed E-state index contributed by atoms with van der Waals surface area (Å²) in [6.45, 7) is 2.40. The smallest absolute Gasteiger partial charge is 0.248 e. The molecule has 0 unspecified atom stereocenters. The van der Waals surface area contributed by atoms with Crippen LogP contribution < -0.4 is 11.0 Å². The van der Waals surface area contributed by atoms with Crippen molar-refractivity contribution in [3.63, 3.8) is 0 Å². The third kappa shape index (κ3) is 8.77. The van der Waals surface area contributed by atoms with Crippen LogP contribution >= 0.6 is 0 Å². The van der Waals surface area contributed by atoms with Crippen LogP contribution in [0.4, 0.5) is 5.69 Å². The Morgan fingerprint density at radius 3 is 1.92 bits per heavy atom. The van der Waals surface area contributed by atoms with Crippen molar-refractivity contribution < 1.29 is 34.2 Å². The number of carbonyl (C=O) groups excluding carboxylic acids is 1. The molecule has 0 aliphatic carbocycles. The number of aliphatic hydroxyl groups excluding tert-OH is 1. The molecular weight excluding hydrogens is 320 g/mol. The number of ether oxygens (including phenoxy) is 3. The van der Waals surface area contributed by atoms with Gasteiger partial charge in [0.15, 0.2) is 0 Å². The number of nitrogens with zero attached hydrogens (tertiary/aromatic N) is 1. The van der Waals surface area contributed by atoms with Crippen LogP contribution in [0.3, 0.4) is 0 Å². The average molecular weight is 344 g/mol. The predicted octanol–water partition coefficient (Wildman–Crippen LogP) is -0.0452. The molecule has 0 bridgehead atoms. The van der Waals surface area contributed by atoms with E-state index < -0.39 is 5.91 Å². The summed E-state index contributed by atoms with van der Waals surface area (Å²) in [5.41, 5.74) is 5.84. The van der Waals surface area contributed by atoms with Gasteiger partial charge in [0.05, 0.1) is 51.9 Å². The first-order chi connectivity index (χ1) is 11.6. The molecule has 0 aliphatic rings. The highest BCUT2D eigenvalue weighted by molar-refractivity contribution is 5.93. The van der Waals surface area contributed by atoms with Crippen molar-refractivity contribution in [3.8, 4) is 0 Å². The molecule has 0 heterocycles. The zero-order chi connectivity index (χ0) is 17.6. The number of amides is 1. The number of nitrogens with two attached hydrogens (primary N) is 1. The molecule has 0 atom stereocenters. The second-order valence-corrected chi connectivity index (χ2v) is 4.58. The molecule has 0 aliphatic heterocycles. The van der Waals surface area contributed by atoms with Crippen molar-refractivity contribution in [2.75, 3.05) is 58.1 Å². The van der Waals surface area contributed by atoms with E-state index in [0.717, 1.165) is 0 Å². The Hall–Kier alpha value is -1.75. The molecule has 1 aromatic carbocycles. The third-order valence-electron chi connectivity index (χ3n) is 2.79. The first kappa shape index (κ1) is 20.3. The molecule has 1 rings (SSSR count). The highest BCUT2D eigenvalue weighted by atomic mass is 16.9. The second-order valence-electron chi connectivity index (χ2n) is 4.58. The fourth-order valence-corrected chi connectivity index (χ4v) is 1.62. The van der Waals surface area contributed by atoms with E-state index in [-0.39, 0.29) is 19.8 Å². The van der Waals surface area contributed by atoms with Gasteiger partial charge in [-0.3, -0.25) is 10.0 Å². The van der Waals surface area contributed by atoms with Gasteiger partial charge in [-0.25, -0.2) is 4.84 Å². The van der Waals surface area contributed by atoms with Crippen LogP contribution in [-0.2, 0) is 19.0 Å². The van der Waals surface area contributed by atoms with Gasteiger partial charge < -0.3 is 25.1 Å². The van der Waals surface area contributed by atoms with Gasteiger partial charge in [-0.15, -0.1) is 5.23 Å². The number of carbonyl (C=O) groups is 1. The van der Waals surface area contributed by atoms with E-state index in [1.54, 1.807) is 0 Å². The molecule has 24 heavy (non-hydrogen) atoms. The van der Waals surface area contributed by atoms with E-state index in [0.29, 0.717) is 49.5 Å². The molecule has 0 saturated carbocycles. The van der Waals surface area contributed by atoms with Gasteiger partial charge in [0.25, 0.3) is 0 Å². The van der Waals surface area contributed by atoms with Gasteiger partial charge in [0.1, 0.15) is 6.61 Å². The number of rotatable bonds is 14. The van der Waals surface area contributed by atoms with Crippen LogP contribution in [-0.4, -0.2) is 69.1 Å². The third-order valence-corrected chi connectivity index (χ3v) is 2.79. The fraction of sp³-hybridized carbons (Fsp3) is 0.533. The maximum absolute atomic E-state index is 10.9. The summed E-state index contributed by atoms with van der Waals surface area (Å²) >= 11 is 0. The van der Waals surface area contributed by atoms with Crippen molar-refractivity contribution in [1.82, 2.24) is 0 Å². The minimum absolute atomic E-state index is 0.000271. The maximum atomic E-state index is 10.9. The van der Waals surface area contributed by atoms with Crippen LogP contribution in [0.1, 0.15) is 10.4 Å². The molecule has 136 valence electrons. The lowest BCUT2D eigenvalue weighted by Gasteiger charge is -2.16. The minimum Gasteiger partial charge on any atom is -0.394 e. The first-order valence-corrected chi connectivity index (χ1v) is 7.51. The minimum atomic E-state index is -0.539. The van der Waals surface area contributed by atoms with E-state index in [1.807, 2.05) is 0 Å². The van der Waals surface area contributed by atoms with Gasteiger partial charge in [-0.2, -0.15) is 0 Å². The summed E-state index contributed by atoms with van der Waals surface area (Å²) < 4.78 is 15.5. The molecule has 0 aromatic heterocycles. The topological polar surface area (TPSA) is 124 Å². The Labute approximate surface area is 140 Å². The summed E-state index contributed by atoms with van der Waals surface area (Å²) in [5.74, 6) is -0.539. The first-order valence-electron chi connectivity index (χ1n) is 7.51. The molecule has 4 N–H and O–H groups in total. The quantitative estimate of drug-likeness (QED) is 0.317. The summed E-state index contributed by atoms with van der Waals surface area (Å²) in [5, 5.41) is 18.8. The largest absolute Gasteiger partial charge is 0.394 e. The average Bonchev–Trinajstić information content (AvgIpc) is 2.59. The van der Waals surface area contributed by atoms with E-state index in [4.69, 9.17) is 29.9 Å². The highest BCUT2D eigenvalue weighted by Gasteiger charge is 2.05. The summed E-state index contributed by atoms with van der Waals surface area (Å²) in [4.78, 5) is 16.0. The Morgan fingerprint density at radius 1 is 0.917 bits per heavy atom. The number of aliphatic hydroxyl groups is 1. The molecule has 1 amide bonds. The number of benzene rings is 1. The van der Waals surface area contributed by atoms with E-state index in [9.17, 15) is 10.0 Å². The molecule has 1 aromatic rings. The van der Waals surface area contributed by atoms with Crippen molar-refractivity contribution in [2.24, 2.45) is 5.73 Å². The monoisotopic (exact) mass is 344 g/mol. The molecule has 0 spiro atoms. The summed E-state index contributed by atoms with van der Waals surface area (Å²) in [6, 6.07) is 5.99. The Kier molecular flexibility index (Phi) is 10.7. The number of hydrogen-bond acceptors (Lipinski definition) is 8. The van der Waals surface area contributed by atoms with Crippen molar-refractivity contribution in [3.05, 3.63) is 29.8 Å².